The van der Waals surface area contributed by atoms with Gasteiger partial charge in [0.25, 0.3) is 0 Å². The maximum atomic E-state index is 12.4. The van der Waals surface area contributed by atoms with E-state index in [1.165, 1.54) is 0 Å². The molecule has 0 fully saturated rings. The van der Waals surface area contributed by atoms with Gasteiger partial charge in [0.1, 0.15) is 17.1 Å². The van der Waals surface area contributed by atoms with Crippen molar-refractivity contribution in [2.75, 3.05) is 0 Å². The average Bonchev–Trinajstić information content (AvgIpc) is 2.65. The number of alkyl halides is 3. The van der Waals surface area contributed by atoms with Crippen molar-refractivity contribution in [2.45, 2.75) is 95.8 Å². The number of ether oxygens (including phenoxy) is 1. The molecule has 1 aliphatic carbocycles. The quantitative estimate of drug-likeness (QED) is 0.442. The number of fused-ring (bicyclic) bond motifs is 3. The molecule has 0 aromatic heterocycles. The van der Waals surface area contributed by atoms with Crippen molar-refractivity contribution in [2.24, 2.45) is 5.92 Å². The van der Waals surface area contributed by atoms with Crippen LogP contribution < -0.4 is 4.74 Å². The standard InChI is InChI=1S/C25H33F3O4/c1-23(2,10-6-5-7-11-25(26,27)28)16-13-19(29)21-17-12-15(22(30)31)8-9-18(17)24(3,4)32-20(21)14-16/h8,13-14,17-18,29H,5-7,9-12H2,1-4H3,(H,30,31)/t17?,18-/m1/s1. The normalized spacial score (nSPS) is 22.4. The second kappa shape index (κ2) is 8.64. The highest BCUT2D eigenvalue weighted by atomic mass is 19.4. The fourth-order valence-corrected chi connectivity index (χ4v) is 5.17. The Morgan fingerprint density at radius 3 is 2.44 bits per heavy atom. The number of aliphatic carboxylic acids is 1. The van der Waals surface area contributed by atoms with Gasteiger partial charge >= 0.3 is 12.1 Å². The minimum Gasteiger partial charge on any atom is -0.508 e. The van der Waals surface area contributed by atoms with E-state index in [2.05, 4.69) is 0 Å². The third-order valence-electron chi connectivity index (χ3n) is 7.12. The van der Waals surface area contributed by atoms with Gasteiger partial charge in [-0.25, -0.2) is 4.79 Å². The lowest BCUT2D eigenvalue weighted by atomic mass is 9.66. The lowest BCUT2D eigenvalue weighted by Crippen LogP contribution is -2.46. The molecule has 2 atom stereocenters. The molecule has 178 valence electrons. The minimum atomic E-state index is -4.11. The van der Waals surface area contributed by atoms with Crippen molar-refractivity contribution in [3.8, 4) is 11.5 Å². The molecule has 3 rings (SSSR count). The van der Waals surface area contributed by atoms with Gasteiger partial charge in [0.05, 0.1) is 0 Å². The predicted octanol–water partition coefficient (Wildman–Crippen LogP) is 6.86. The number of unbranched alkanes of at least 4 members (excludes halogenated alkanes) is 2. The first kappa shape index (κ1) is 24.5. The monoisotopic (exact) mass is 454 g/mol. The molecule has 2 aliphatic rings. The Morgan fingerprint density at radius 2 is 1.81 bits per heavy atom. The van der Waals surface area contributed by atoms with E-state index in [-0.39, 0.29) is 29.4 Å². The summed E-state index contributed by atoms with van der Waals surface area (Å²) in [5.41, 5.74) is 1.01. The summed E-state index contributed by atoms with van der Waals surface area (Å²) in [6.45, 7) is 8.01. The smallest absolute Gasteiger partial charge is 0.389 e. The van der Waals surface area contributed by atoms with E-state index < -0.39 is 24.2 Å². The Kier molecular flexibility index (Phi) is 6.60. The predicted molar refractivity (Wildman–Crippen MR) is 116 cm³/mol. The molecule has 0 saturated heterocycles. The van der Waals surface area contributed by atoms with Crippen LogP contribution >= 0.6 is 0 Å². The Bertz CT molecular complexity index is 899. The van der Waals surface area contributed by atoms with Crippen molar-refractivity contribution in [3.05, 3.63) is 34.9 Å². The molecule has 7 heteroatoms. The van der Waals surface area contributed by atoms with Gasteiger partial charge in [-0.3, -0.25) is 0 Å². The van der Waals surface area contributed by atoms with Crippen molar-refractivity contribution < 1.29 is 32.9 Å². The van der Waals surface area contributed by atoms with Crippen LogP contribution in [0.1, 0.15) is 89.7 Å². The third-order valence-corrected chi connectivity index (χ3v) is 7.12. The lowest BCUT2D eigenvalue weighted by Gasteiger charge is -2.47. The van der Waals surface area contributed by atoms with Crippen molar-refractivity contribution >= 4 is 5.97 Å². The summed E-state index contributed by atoms with van der Waals surface area (Å²) >= 11 is 0. The number of hydrogen-bond donors (Lipinski definition) is 2. The maximum absolute atomic E-state index is 12.4. The lowest BCUT2D eigenvalue weighted by molar-refractivity contribution is -0.136. The Hall–Kier alpha value is -2.18. The Morgan fingerprint density at radius 1 is 1.16 bits per heavy atom. The summed E-state index contributed by atoms with van der Waals surface area (Å²) < 4.78 is 43.4. The molecule has 1 heterocycles. The van der Waals surface area contributed by atoms with Gasteiger partial charge in [-0.15, -0.1) is 0 Å². The van der Waals surface area contributed by atoms with Crippen LogP contribution in [0.2, 0.25) is 0 Å². The molecule has 0 amide bonds. The molecular formula is C25H33F3O4. The van der Waals surface area contributed by atoms with E-state index in [1.54, 1.807) is 12.1 Å². The molecule has 1 aromatic carbocycles. The van der Waals surface area contributed by atoms with Gasteiger partial charge < -0.3 is 14.9 Å². The first-order chi connectivity index (χ1) is 14.7. The molecule has 0 radical (unpaired) electrons. The van der Waals surface area contributed by atoms with E-state index in [0.717, 1.165) is 5.56 Å². The van der Waals surface area contributed by atoms with Gasteiger partial charge in [-0.2, -0.15) is 13.2 Å². The van der Waals surface area contributed by atoms with Crippen LogP contribution in [-0.2, 0) is 10.2 Å². The summed E-state index contributed by atoms with van der Waals surface area (Å²) in [6, 6.07) is 3.63. The zero-order valence-electron chi connectivity index (χ0n) is 19.2. The van der Waals surface area contributed by atoms with Crippen molar-refractivity contribution in [1.29, 1.82) is 0 Å². The van der Waals surface area contributed by atoms with Gasteiger partial charge in [0.15, 0.2) is 0 Å². The Labute approximate surface area is 187 Å². The summed E-state index contributed by atoms with van der Waals surface area (Å²) in [7, 11) is 0. The maximum Gasteiger partial charge on any atom is 0.389 e. The van der Waals surface area contributed by atoms with Gasteiger partial charge in [0.2, 0.25) is 0 Å². The number of benzene rings is 1. The number of aromatic hydroxyl groups is 1. The number of hydrogen-bond acceptors (Lipinski definition) is 3. The molecule has 1 unspecified atom stereocenters. The summed E-state index contributed by atoms with van der Waals surface area (Å²) in [4.78, 5) is 11.6. The largest absolute Gasteiger partial charge is 0.508 e. The highest BCUT2D eigenvalue weighted by molar-refractivity contribution is 5.87. The molecule has 4 nitrogen and oxygen atoms in total. The number of halogens is 3. The molecule has 0 saturated carbocycles. The van der Waals surface area contributed by atoms with Crippen LogP contribution in [0.3, 0.4) is 0 Å². The number of phenols is 1. The second-order valence-corrected chi connectivity index (χ2v) is 10.4. The first-order valence-electron chi connectivity index (χ1n) is 11.3. The second-order valence-electron chi connectivity index (χ2n) is 10.4. The van der Waals surface area contributed by atoms with Crippen LogP contribution in [0.4, 0.5) is 13.2 Å². The number of rotatable bonds is 7. The third kappa shape index (κ3) is 5.24. The molecule has 0 bridgehead atoms. The van der Waals surface area contributed by atoms with Crippen molar-refractivity contribution in [1.82, 2.24) is 0 Å². The molecule has 2 N–H and O–H groups in total. The van der Waals surface area contributed by atoms with Crippen molar-refractivity contribution in [3.63, 3.8) is 0 Å². The molecule has 1 aromatic rings. The number of carboxylic acid groups (broad SMARTS) is 1. The van der Waals surface area contributed by atoms with Crippen LogP contribution in [0, 0.1) is 5.92 Å². The Balaban J connectivity index is 1.82. The molecular weight excluding hydrogens is 421 g/mol. The van der Waals surface area contributed by atoms with Crippen LogP contribution in [0.25, 0.3) is 0 Å². The van der Waals surface area contributed by atoms with Gasteiger partial charge in [-0.05, 0) is 62.6 Å². The number of carboxylic acids is 1. The number of phenolic OH excluding ortho intramolecular Hbond substituents is 1. The van der Waals surface area contributed by atoms with E-state index in [1.807, 2.05) is 33.8 Å². The van der Waals surface area contributed by atoms with Crippen LogP contribution in [0.15, 0.2) is 23.8 Å². The fraction of sp³-hybridized carbons (Fsp3) is 0.640. The summed E-state index contributed by atoms with van der Waals surface area (Å²) in [5, 5.41) is 20.4. The average molecular weight is 455 g/mol. The highest BCUT2D eigenvalue weighted by Gasteiger charge is 2.47. The zero-order chi connectivity index (χ0) is 23.9. The topological polar surface area (TPSA) is 66.8 Å². The van der Waals surface area contributed by atoms with Crippen LogP contribution in [0.5, 0.6) is 11.5 Å². The molecule has 0 spiro atoms. The SMILES string of the molecule is CC(C)(CCCCCC(F)(F)F)c1cc(O)c2c(c1)OC(C)(C)[C@@H]1CC=C(C(=O)O)CC21. The number of carbonyl (C=O) groups is 1. The first-order valence-corrected chi connectivity index (χ1v) is 11.3. The van der Waals surface area contributed by atoms with Gasteiger partial charge in [0, 0.05) is 29.4 Å². The van der Waals surface area contributed by atoms with E-state index in [9.17, 15) is 28.2 Å². The summed E-state index contributed by atoms with van der Waals surface area (Å²) in [5.74, 6) is -0.360. The number of allylic oxidation sites excluding steroid dienone is 1. The molecule has 32 heavy (non-hydrogen) atoms. The minimum absolute atomic E-state index is 0.0523. The van der Waals surface area contributed by atoms with E-state index in [0.29, 0.717) is 49.0 Å². The highest BCUT2D eigenvalue weighted by Crippen LogP contribution is 2.55. The van der Waals surface area contributed by atoms with E-state index in [4.69, 9.17) is 4.74 Å². The summed E-state index contributed by atoms with van der Waals surface area (Å²) in [6.07, 6.45) is -0.241. The van der Waals surface area contributed by atoms with Crippen LogP contribution in [-0.4, -0.2) is 28.0 Å². The zero-order valence-corrected chi connectivity index (χ0v) is 19.2. The molecule has 1 aliphatic heterocycles. The van der Waals surface area contributed by atoms with Gasteiger partial charge in [-0.1, -0.05) is 32.8 Å². The van der Waals surface area contributed by atoms with E-state index >= 15 is 0 Å². The fourth-order valence-electron chi connectivity index (χ4n) is 5.17.